The van der Waals surface area contributed by atoms with Crippen molar-refractivity contribution in [2.24, 2.45) is 0 Å². The highest BCUT2D eigenvalue weighted by Crippen LogP contribution is 2.16. The fourth-order valence-corrected chi connectivity index (χ4v) is 3.18. The molecule has 2 aromatic carbocycles. The highest BCUT2D eigenvalue weighted by Gasteiger charge is 2.18. The Morgan fingerprint density at radius 3 is 2.31 bits per heavy atom. The molecular weight excluding hydrogens is 355 g/mol. The summed E-state index contributed by atoms with van der Waals surface area (Å²) in [7, 11) is 0. The fraction of sp³-hybridized carbons (Fsp3) is 0.300. The number of hydrogen-bond donors (Lipinski definition) is 1. The van der Waals surface area contributed by atoms with Crippen LogP contribution in [0.3, 0.4) is 0 Å². The zero-order valence-electron chi connectivity index (χ0n) is 14.3. The van der Waals surface area contributed by atoms with Crippen molar-refractivity contribution in [3.05, 3.63) is 70.0 Å². The molecule has 1 fully saturated rings. The van der Waals surface area contributed by atoms with E-state index >= 15 is 0 Å². The number of hydrogen-bond acceptors (Lipinski definition) is 2. The van der Waals surface area contributed by atoms with Gasteiger partial charge in [-0.05, 0) is 61.2 Å². The summed E-state index contributed by atoms with van der Waals surface area (Å²) in [6.07, 6.45) is 3.25. The highest BCUT2D eigenvalue weighted by molar-refractivity contribution is 6.30. The van der Waals surface area contributed by atoms with Crippen LogP contribution in [0, 0.1) is 5.82 Å². The van der Waals surface area contributed by atoms with Gasteiger partial charge in [0.1, 0.15) is 5.82 Å². The minimum absolute atomic E-state index is 0.0117. The van der Waals surface area contributed by atoms with Gasteiger partial charge in [-0.15, -0.1) is 0 Å². The molecule has 1 aliphatic rings. The third-order valence-electron chi connectivity index (χ3n) is 4.47. The van der Waals surface area contributed by atoms with Crippen LogP contribution < -0.4 is 5.32 Å². The molecule has 0 aliphatic carbocycles. The molecule has 3 rings (SSSR count). The number of benzene rings is 2. The van der Waals surface area contributed by atoms with Gasteiger partial charge in [-0.25, -0.2) is 4.39 Å². The number of likely N-dealkylation sites (tertiary alicyclic amines) is 1. The number of carbonyl (C=O) groups excluding carboxylic acids is 2. The summed E-state index contributed by atoms with van der Waals surface area (Å²) >= 11 is 5.73. The molecule has 0 unspecified atom stereocenters. The van der Waals surface area contributed by atoms with Crippen LogP contribution in [0.25, 0.3) is 0 Å². The summed E-state index contributed by atoms with van der Waals surface area (Å²) in [4.78, 5) is 26.5. The van der Waals surface area contributed by atoms with E-state index in [0.29, 0.717) is 16.7 Å². The Morgan fingerprint density at radius 1 is 1.00 bits per heavy atom. The zero-order valence-corrected chi connectivity index (χ0v) is 15.1. The van der Waals surface area contributed by atoms with Crippen LogP contribution >= 0.6 is 11.6 Å². The molecule has 0 atom stereocenters. The maximum absolute atomic E-state index is 13.1. The molecule has 0 aromatic heterocycles. The molecule has 0 saturated carbocycles. The van der Waals surface area contributed by atoms with Gasteiger partial charge >= 0.3 is 0 Å². The van der Waals surface area contributed by atoms with Crippen molar-refractivity contribution in [2.75, 3.05) is 13.1 Å². The lowest BCUT2D eigenvalue weighted by molar-refractivity contribution is 0.0723. The molecule has 4 nitrogen and oxygen atoms in total. The summed E-state index contributed by atoms with van der Waals surface area (Å²) in [6, 6.07) is 11.0. The number of piperidine rings is 1. The van der Waals surface area contributed by atoms with Gasteiger partial charge in [0.05, 0.1) is 5.02 Å². The zero-order chi connectivity index (χ0) is 18.5. The topological polar surface area (TPSA) is 49.4 Å². The number of carbonyl (C=O) groups is 2. The molecule has 1 saturated heterocycles. The van der Waals surface area contributed by atoms with E-state index in [2.05, 4.69) is 5.32 Å². The van der Waals surface area contributed by atoms with E-state index in [0.717, 1.165) is 25.9 Å². The van der Waals surface area contributed by atoms with E-state index in [1.807, 2.05) is 4.90 Å². The molecule has 136 valence electrons. The molecule has 6 heteroatoms. The summed E-state index contributed by atoms with van der Waals surface area (Å²) in [5, 5.41) is 2.78. The molecule has 1 aliphatic heterocycles. The van der Waals surface area contributed by atoms with Crippen LogP contribution in [0.4, 0.5) is 4.39 Å². The smallest absolute Gasteiger partial charge is 0.253 e. The predicted octanol–water partition coefficient (Wildman–Crippen LogP) is 4.04. The molecule has 2 aromatic rings. The van der Waals surface area contributed by atoms with Crippen LogP contribution in [0.15, 0.2) is 42.5 Å². The van der Waals surface area contributed by atoms with E-state index in [-0.39, 0.29) is 23.4 Å². The number of rotatable bonds is 4. The maximum Gasteiger partial charge on any atom is 0.253 e. The molecule has 0 bridgehead atoms. The van der Waals surface area contributed by atoms with Crippen molar-refractivity contribution >= 4 is 23.4 Å². The monoisotopic (exact) mass is 374 g/mol. The van der Waals surface area contributed by atoms with Crippen molar-refractivity contribution in [3.8, 4) is 0 Å². The third kappa shape index (κ3) is 4.41. The number of nitrogens with one attached hydrogen (secondary N) is 1. The van der Waals surface area contributed by atoms with Crippen molar-refractivity contribution in [1.82, 2.24) is 10.2 Å². The van der Waals surface area contributed by atoms with Crippen LogP contribution in [0.2, 0.25) is 5.02 Å². The van der Waals surface area contributed by atoms with Crippen LogP contribution in [-0.4, -0.2) is 29.8 Å². The van der Waals surface area contributed by atoms with Crippen LogP contribution in [0.5, 0.6) is 0 Å². The largest absolute Gasteiger partial charge is 0.348 e. The highest BCUT2D eigenvalue weighted by atomic mass is 35.5. The van der Waals surface area contributed by atoms with Gasteiger partial charge in [0.25, 0.3) is 11.8 Å². The van der Waals surface area contributed by atoms with Crippen LogP contribution in [0.1, 0.15) is 45.5 Å². The first-order valence-electron chi connectivity index (χ1n) is 8.66. The Bertz CT molecular complexity index is 802. The average molecular weight is 375 g/mol. The summed E-state index contributed by atoms with van der Waals surface area (Å²) in [5.41, 5.74) is 1.77. The second-order valence-electron chi connectivity index (χ2n) is 6.36. The first-order valence-corrected chi connectivity index (χ1v) is 9.04. The van der Waals surface area contributed by atoms with Crippen molar-refractivity contribution in [3.63, 3.8) is 0 Å². The lowest BCUT2D eigenvalue weighted by Crippen LogP contribution is -2.35. The van der Waals surface area contributed by atoms with Gasteiger partial charge in [-0.2, -0.15) is 0 Å². The van der Waals surface area contributed by atoms with Crippen LogP contribution in [-0.2, 0) is 6.54 Å². The Hall–Kier alpha value is -2.40. The molecule has 26 heavy (non-hydrogen) atoms. The van der Waals surface area contributed by atoms with Gasteiger partial charge < -0.3 is 10.2 Å². The molecular formula is C20H20ClFN2O2. The number of amides is 2. The Balaban J connectivity index is 1.59. The Morgan fingerprint density at radius 2 is 1.65 bits per heavy atom. The van der Waals surface area contributed by atoms with Gasteiger partial charge in [0.2, 0.25) is 0 Å². The normalized spacial score (nSPS) is 14.2. The fourth-order valence-electron chi connectivity index (χ4n) is 2.98. The lowest BCUT2D eigenvalue weighted by atomic mass is 10.1. The molecule has 1 heterocycles. The van der Waals surface area contributed by atoms with Gasteiger partial charge in [0, 0.05) is 30.8 Å². The second kappa shape index (κ2) is 8.32. The van der Waals surface area contributed by atoms with E-state index in [1.165, 1.54) is 18.6 Å². The number of halogens is 2. The Kier molecular flexibility index (Phi) is 5.89. The van der Waals surface area contributed by atoms with Gasteiger partial charge in [-0.3, -0.25) is 9.59 Å². The standard InChI is InChI=1S/C20H20ClFN2O2/c21-17-12-14(4-9-18(17)22)13-23-19(25)15-5-7-16(8-6-15)20(26)24-10-2-1-3-11-24/h4-9,12H,1-3,10-11,13H2,(H,23,25). The van der Waals surface area contributed by atoms with Crippen molar-refractivity contribution < 1.29 is 14.0 Å². The van der Waals surface area contributed by atoms with Gasteiger partial charge in [0.15, 0.2) is 0 Å². The first kappa shape index (κ1) is 18.4. The van der Waals surface area contributed by atoms with Crippen molar-refractivity contribution in [2.45, 2.75) is 25.8 Å². The predicted molar refractivity (Wildman–Crippen MR) is 98.8 cm³/mol. The minimum Gasteiger partial charge on any atom is -0.348 e. The SMILES string of the molecule is O=C(NCc1ccc(F)c(Cl)c1)c1ccc(C(=O)N2CCCCC2)cc1. The maximum atomic E-state index is 13.1. The molecule has 0 radical (unpaired) electrons. The summed E-state index contributed by atoms with van der Waals surface area (Å²) in [6.45, 7) is 1.83. The minimum atomic E-state index is -0.490. The molecule has 0 spiro atoms. The third-order valence-corrected chi connectivity index (χ3v) is 4.76. The average Bonchev–Trinajstić information content (AvgIpc) is 2.69. The van der Waals surface area contributed by atoms with E-state index in [4.69, 9.17) is 11.6 Å². The second-order valence-corrected chi connectivity index (χ2v) is 6.77. The summed E-state index contributed by atoms with van der Waals surface area (Å²) in [5.74, 6) is -0.740. The lowest BCUT2D eigenvalue weighted by Gasteiger charge is -2.26. The first-order chi connectivity index (χ1) is 12.5. The molecule has 1 N–H and O–H groups in total. The van der Waals surface area contributed by atoms with E-state index in [9.17, 15) is 14.0 Å². The summed E-state index contributed by atoms with van der Waals surface area (Å²) < 4.78 is 13.1. The molecule has 2 amide bonds. The Labute approximate surface area is 157 Å². The number of nitrogens with zero attached hydrogens (tertiary/aromatic N) is 1. The van der Waals surface area contributed by atoms with Crippen molar-refractivity contribution in [1.29, 1.82) is 0 Å². The van der Waals surface area contributed by atoms with E-state index < -0.39 is 5.82 Å². The quantitative estimate of drug-likeness (QED) is 0.878. The van der Waals surface area contributed by atoms with E-state index in [1.54, 1.807) is 30.3 Å². The van der Waals surface area contributed by atoms with Gasteiger partial charge in [-0.1, -0.05) is 17.7 Å².